The van der Waals surface area contributed by atoms with Crippen LogP contribution in [0.3, 0.4) is 0 Å². The smallest absolute Gasteiger partial charge is 0.325 e. The van der Waals surface area contributed by atoms with Crippen LogP contribution in [-0.2, 0) is 15.8 Å². The molecule has 0 radical (unpaired) electrons. The van der Waals surface area contributed by atoms with E-state index in [1.807, 2.05) is 0 Å². The molecular formula is C19H16F4N2O2. The highest BCUT2D eigenvalue weighted by atomic mass is 19.4. The summed E-state index contributed by atoms with van der Waals surface area (Å²) in [6, 6.07) is 8.31. The van der Waals surface area contributed by atoms with Crippen LogP contribution < -0.4 is 10.2 Å². The maximum Gasteiger partial charge on any atom is 0.416 e. The lowest BCUT2D eigenvalue weighted by Crippen LogP contribution is -2.33. The van der Waals surface area contributed by atoms with Crippen molar-refractivity contribution < 1.29 is 27.2 Å². The van der Waals surface area contributed by atoms with Crippen molar-refractivity contribution in [2.45, 2.75) is 19.5 Å². The van der Waals surface area contributed by atoms with Crippen molar-refractivity contribution in [3.8, 4) is 0 Å². The maximum absolute atomic E-state index is 14.0. The Kier molecular flexibility index (Phi) is 4.91. The average Bonchev–Trinajstić information content (AvgIpc) is 2.98. The molecule has 3 rings (SSSR count). The van der Waals surface area contributed by atoms with Gasteiger partial charge in [-0.2, -0.15) is 13.2 Å². The normalized spacial score (nSPS) is 17.3. The fourth-order valence-corrected chi connectivity index (χ4v) is 2.96. The van der Waals surface area contributed by atoms with Crippen molar-refractivity contribution in [2.24, 2.45) is 5.92 Å². The fourth-order valence-electron chi connectivity index (χ4n) is 2.96. The molecule has 1 saturated heterocycles. The lowest BCUT2D eigenvalue weighted by atomic mass is 10.1. The monoisotopic (exact) mass is 380 g/mol. The van der Waals surface area contributed by atoms with E-state index in [2.05, 4.69) is 5.32 Å². The first-order chi connectivity index (χ1) is 12.7. The van der Waals surface area contributed by atoms with E-state index in [0.717, 1.165) is 29.8 Å². The second kappa shape index (κ2) is 7.02. The highest BCUT2D eigenvalue weighted by molar-refractivity contribution is 6.13. The first-order valence-electron chi connectivity index (χ1n) is 8.22. The largest absolute Gasteiger partial charge is 0.416 e. The zero-order chi connectivity index (χ0) is 19.8. The van der Waals surface area contributed by atoms with Gasteiger partial charge in [-0.15, -0.1) is 0 Å². The van der Waals surface area contributed by atoms with Gasteiger partial charge in [-0.25, -0.2) is 4.39 Å². The molecule has 2 aromatic carbocycles. The summed E-state index contributed by atoms with van der Waals surface area (Å²) in [6.45, 7) is 1.95. The summed E-state index contributed by atoms with van der Waals surface area (Å²) in [6.07, 6.45) is -4.28. The van der Waals surface area contributed by atoms with Crippen LogP contribution in [0.5, 0.6) is 0 Å². The van der Waals surface area contributed by atoms with Gasteiger partial charge >= 0.3 is 6.18 Å². The molecule has 0 saturated carbocycles. The molecule has 0 aliphatic carbocycles. The van der Waals surface area contributed by atoms with E-state index in [1.54, 1.807) is 13.0 Å². The van der Waals surface area contributed by atoms with E-state index in [-0.39, 0.29) is 24.3 Å². The Morgan fingerprint density at radius 2 is 1.81 bits per heavy atom. The predicted octanol–water partition coefficient (Wildman–Crippen LogP) is 4.14. The number of carbonyl (C=O) groups is 2. The molecule has 1 atom stereocenters. The van der Waals surface area contributed by atoms with Crippen molar-refractivity contribution in [3.63, 3.8) is 0 Å². The first-order valence-corrected chi connectivity index (χ1v) is 8.22. The van der Waals surface area contributed by atoms with Crippen LogP contribution in [0.2, 0.25) is 0 Å². The van der Waals surface area contributed by atoms with E-state index >= 15 is 0 Å². The highest BCUT2D eigenvalue weighted by Gasteiger charge is 2.38. The van der Waals surface area contributed by atoms with Crippen molar-refractivity contribution in [1.82, 2.24) is 0 Å². The summed E-state index contributed by atoms with van der Waals surface area (Å²) in [4.78, 5) is 26.1. The Morgan fingerprint density at radius 1 is 1.15 bits per heavy atom. The molecule has 1 unspecified atom stereocenters. The van der Waals surface area contributed by atoms with Crippen molar-refractivity contribution in [2.75, 3.05) is 16.8 Å². The number of rotatable bonds is 3. The Morgan fingerprint density at radius 3 is 2.44 bits per heavy atom. The van der Waals surface area contributed by atoms with E-state index in [0.29, 0.717) is 0 Å². The van der Waals surface area contributed by atoms with Gasteiger partial charge in [-0.05, 0) is 55.3 Å². The van der Waals surface area contributed by atoms with Gasteiger partial charge in [0.05, 0.1) is 11.3 Å². The SMILES string of the molecule is Cc1ccc(F)c(N2CCC(C(=O)Nc3ccc(C(F)(F)F)cc3)C2=O)c1. The van der Waals surface area contributed by atoms with E-state index in [9.17, 15) is 27.2 Å². The molecule has 1 N–H and O–H groups in total. The van der Waals surface area contributed by atoms with Crippen LogP contribution in [-0.4, -0.2) is 18.4 Å². The highest BCUT2D eigenvalue weighted by Crippen LogP contribution is 2.31. The van der Waals surface area contributed by atoms with Crippen LogP contribution in [0.1, 0.15) is 17.5 Å². The van der Waals surface area contributed by atoms with Gasteiger partial charge in [0.2, 0.25) is 11.8 Å². The third kappa shape index (κ3) is 3.94. The number of hydrogen-bond acceptors (Lipinski definition) is 2. The minimum atomic E-state index is -4.47. The van der Waals surface area contributed by atoms with Gasteiger partial charge < -0.3 is 10.2 Å². The molecule has 0 spiro atoms. The number of benzene rings is 2. The minimum absolute atomic E-state index is 0.116. The number of alkyl halides is 3. The molecule has 1 heterocycles. The van der Waals surface area contributed by atoms with E-state index in [1.165, 1.54) is 17.0 Å². The number of hydrogen-bond donors (Lipinski definition) is 1. The maximum atomic E-state index is 14.0. The van der Waals surface area contributed by atoms with E-state index in [4.69, 9.17) is 0 Å². The van der Waals surface area contributed by atoms with Gasteiger partial charge in [0, 0.05) is 12.2 Å². The molecule has 1 aliphatic heterocycles. The lowest BCUT2D eigenvalue weighted by molar-refractivity contribution is -0.137. The Labute approximate surface area is 152 Å². The Hall–Kier alpha value is -2.90. The zero-order valence-corrected chi connectivity index (χ0v) is 14.3. The molecule has 0 bridgehead atoms. The molecule has 27 heavy (non-hydrogen) atoms. The molecule has 142 valence electrons. The number of nitrogens with zero attached hydrogens (tertiary/aromatic N) is 1. The van der Waals surface area contributed by atoms with Gasteiger partial charge in [0.15, 0.2) is 0 Å². The van der Waals surface area contributed by atoms with Crippen LogP contribution in [0.25, 0.3) is 0 Å². The Bertz CT molecular complexity index is 878. The van der Waals surface area contributed by atoms with Gasteiger partial charge in [-0.1, -0.05) is 6.07 Å². The van der Waals surface area contributed by atoms with Crippen LogP contribution in [0.4, 0.5) is 28.9 Å². The second-order valence-electron chi connectivity index (χ2n) is 6.35. The fraction of sp³-hybridized carbons (Fsp3) is 0.263. The van der Waals surface area contributed by atoms with E-state index < -0.39 is 35.3 Å². The summed E-state index contributed by atoms with van der Waals surface area (Å²) < 4.78 is 51.7. The van der Waals surface area contributed by atoms with Crippen molar-refractivity contribution in [1.29, 1.82) is 0 Å². The topological polar surface area (TPSA) is 49.4 Å². The summed E-state index contributed by atoms with van der Waals surface area (Å²) in [5.41, 5.74) is 0.209. The molecule has 0 aromatic heterocycles. The summed E-state index contributed by atoms with van der Waals surface area (Å²) >= 11 is 0. The number of anilines is 2. The predicted molar refractivity (Wildman–Crippen MR) is 91.7 cm³/mol. The molecule has 2 amide bonds. The third-order valence-electron chi connectivity index (χ3n) is 4.39. The van der Waals surface area contributed by atoms with Crippen molar-refractivity contribution >= 4 is 23.2 Å². The van der Waals surface area contributed by atoms with Crippen LogP contribution >= 0.6 is 0 Å². The van der Waals surface area contributed by atoms with Crippen LogP contribution in [0.15, 0.2) is 42.5 Å². The molecule has 1 fully saturated rings. The first kappa shape index (κ1) is 18.9. The molecular weight excluding hydrogens is 364 g/mol. The molecule has 4 nitrogen and oxygen atoms in total. The van der Waals surface area contributed by atoms with Crippen LogP contribution in [0, 0.1) is 18.7 Å². The summed E-state index contributed by atoms with van der Waals surface area (Å²) in [5.74, 6) is -2.75. The van der Waals surface area contributed by atoms with Gasteiger partial charge in [-0.3, -0.25) is 9.59 Å². The average molecular weight is 380 g/mol. The molecule has 2 aromatic rings. The summed E-state index contributed by atoms with van der Waals surface area (Å²) in [7, 11) is 0. The Balaban J connectivity index is 1.71. The van der Waals surface area contributed by atoms with Crippen molar-refractivity contribution in [3.05, 3.63) is 59.4 Å². The number of nitrogens with one attached hydrogen (secondary N) is 1. The summed E-state index contributed by atoms with van der Waals surface area (Å²) in [5, 5.41) is 2.44. The standard InChI is InChI=1S/C19H16F4N2O2/c1-11-2-7-15(20)16(10-11)25-9-8-14(18(25)27)17(26)24-13-5-3-12(4-6-13)19(21,22)23/h2-7,10,14H,8-9H2,1H3,(H,24,26). The molecule has 8 heteroatoms. The number of halogens is 4. The number of carbonyl (C=O) groups excluding carboxylic acids is 2. The minimum Gasteiger partial charge on any atom is -0.325 e. The number of aryl methyl sites for hydroxylation is 1. The third-order valence-corrected chi connectivity index (χ3v) is 4.39. The number of amides is 2. The quantitative estimate of drug-likeness (QED) is 0.643. The second-order valence-corrected chi connectivity index (χ2v) is 6.35. The molecule has 1 aliphatic rings. The van der Waals surface area contributed by atoms with Gasteiger partial charge in [0.25, 0.3) is 0 Å². The zero-order valence-electron chi connectivity index (χ0n) is 14.3. The lowest BCUT2D eigenvalue weighted by Gasteiger charge is -2.18. The van der Waals surface area contributed by atoms with Gasteiger partial charge in [0.1, 0.15) is 11.7 Å².